The van der Waals surface area contributed by atoms with Gasteiger partial charge in [0.25, 0.3) is 15.9 Å². The SMILES string of the molecule is COc1ccc(S(=O)(=O)N2C[C@H](C(=O)NCCOc3ccc4ccccc4c3)Oc3cc(C)ccc32)cc1. The molecule has 0 radical (unpaired) electrons. The van der Waals surface area contributed by atoms with E-state index >= 15 is 0 Å². The number of carbonyl (C=O) groups excluding carboxylic acids is 1. The number of methoxy groups -OCH3 is 1. The minimum absolute atomic E-state index is 0.0923. The van der Waals surface area contributed by atoms with E-state index in [1.54, 1.807) is 24.3 Å². The number of benzene rings is 4. The van der Waals surface area contributed by atoms with Crippen LogP contribution in [0.1, 0.15) is 5.56 Å². The fourth-order valence-electron chi connectivity index (χ4n) is 4.31. The highest BCUT2D eigenvalue weighted by Crippen LogP contribution is 2.38. The molecular weight excluding hydrogens is 504 g/mol. The second-order valence-electron chi connectivity index (χ2n) is 8.94. The van der Waals surface area contributed by atoms with Gasteiger partial charge in [-0.3, -0.25) is 9.10 Å². The lowest BCUT2D eigenvalue weighted by molar-refractivity contribution is -0.127. The number of anilines is 1. The lowest BCUT2D eigenvalue weighted by atomic mass is 10.1. The van der Waals surface area contributed by atoms with E-state index in [4.69, 9.17) is 14.2 Å². The molecule has 9 heteroatoms. The largest absolute Gasteiger partial charge is 0.497 e. The van der Waals surface area contributed by atoms with Gasteiger partial charge in [-0.2, -0.15) is 0 Å². The molecule has 1 heterocycles. The van der Waals surface area contributed by atoms with Crippen molar-refractivity contribution in [1.29, 1.82) is 0 Å². The summed E-state index contributed by atoms with van der Waals surface area (Å²) in [5, 5.41) is 4.99. The average molecular weight is 533 g/mol. The van der Waals surface area contributed by atoms with E-state index in [9.17, 15) is 13.2 Å². The Hall–Kier alpha value is -4.24. The number of sulfonamides is 1. The molecule has 0 saturated heterocycles. The van der Waals surface area contributed by atoms with Gasteiger partial charge in [0.2, 0.25) is 0 Å². The van der Waals surface area contributed by atoms with E-state index in [-0.39, 0.29) is 24.6 Å². The Labute approximate surface area is 221 Å². The number of nitrogens with zero attached hydrogens (tertiary/aromatic N) is 1. The van der Waals surface area contributed by atoms with Gasteiger partial charge in [-0.1, -0.05) is 36.4 Å². The van der Waals surface area contributed by atoms with Crippen LogP contribution in [0.15, 0.2) is 89.8 Å². The first-order chi connectivity index (χ1) is 18.3. The molecule has 1 atom stereocenters. The van der Waals surface area contributed by atoms with E-state index in [0.717, 1.165) is 16.3 Å². The van der Waals surface area contributed by atoms with Crippen LogP contribution in [0.25, 0.3) is 10.8 Å². The summed E-state index contributed by atoms with van der Waals surface area (Å²) in [4.78, 5) is 13.1. The minimum Gasteiger partial charge on any atom is -0.497 e. The molecular formula is C29H28N2O6S. The zero-order valence-electron chi connectivity index (χ0n) is 21.1. The number of nitrogens with one attached hydrogen (secondary N) is 1. The molecule has 1 N–H and O–H groups in total. The molecule has 196 valence electrons. The number of ether oxygens (including phenoxy) is 3. The summed E-state index contributed by atoms with van der Waals surface area (Å²) in [5.74, 6) is 1.16. The molecule has 1 aliphatic heterocycles. The Balaban J connectivity index is 1.28. The van der Waals surface area contributed by atoms with Crippen molar-refractivity contribution >= 4 is 32.4 Å². The van der Waals surface area contributed by atoms with E-state index < -0.39 is 22.0 Å². The second kappa shape index (κ2) is 10.6. The number of hydrogen-bond acceptors (Lipinski definition) is 6. The molecule has 5 rings (SSSR count). The predicted molar refractivity (Wildman–Crippen MR) is 146 cm³/mol. The van der Waals surface area contributed by atoms with Gasteiger partial charge in [-0.05, 0) is 71.8 Å². The Morgan fingerprint density at radius 2 is 1.71 bits per heavy atom. The van der Waals surface area contributed by atoms with Gasteiger partial charge < -0.3 is 19.5 Å². The number of amides is 1. The minimum atomic E-state index is -3.97. The summed E-state index contributed by atoms with van der Waals surface area (Å²) < 4.78 is 45.3. The first kappa shape index (κ1) is 25.4. The summed E-state index contributed by atoms with van der Waals surface area (Å²) in [7, 11) is -2.45. The monoisotopic (exact) mass is 532 g/mol. The molecule has 0 unspecified atom stereocenters. The van der Waals surface area contributed by atoms with Crippen molar-refractivity contribution in [3.05, 3.63) is 90.5 Å². The summed E-state index contributed by atoms with van der Waals surface area (Å²) in [6.45, 7) is 2.19. The molecule has 1 amide bonds. The molecule has 0 fully saturated rings. The third-order valence-electron chi connectivity index (χ3n) is 6.32. The van der Waals surface area contributed by atoms with Crippen LogP contribution in [0.4, 0.5) is 5.69 Å². The second-order valence-corrected chi connectivity index (χ2v) is 10.8. The molecule has 0 bridgehead atoms. The molecule has 0 spiro atoms. The van der Waals surface area contributed by atoms with Crippen molar-refractivity contribution in [2.24, 2.45) is 0 Å². The zero-order chi connectivity index (χ0) is 26.7. The van der Waals surface area contributed by atoms with Crippen LogP contribution < -0.4 is 23.8 Å². The number of hydrogen-bond donors (Lipinski definition) is 1. The van der Waals surface area contributed by atoms with Crippen LogP contribution in [0.3, 0.4) is 0 Å². The van der Waals surface area contributed by atoms with Crippen molar-refractivity contribution in [2.45, 2.75) is 17.9 Å². The maximum atomic E-state index is 13.6. The van der Waals surface area contributed by atoms with Crippen LogP contribution in [-0.2, 0) is 14.8 Å². The van der Waals surface area contributed by atoms with Crippen LogP contribution in [0.2, 0.25) is 0 Å². The van der Waals surface area contributed by atoms with E-state index in [1.807, 2.05) is 55.5 Å². The van der Waals surface area contributed by atoms with Gasteiger partial charge >= 0.3 is 0 Å². The van der Waals surface area contributed by atoms with Gasteiger partial charge in [-0.15, -0.1) is 0 Å². The maximum Gasteiger partial charge on any atom is 0.264 e. The Kier molecular flexibility index (Phi) is 7.11. The molecule has 4 aromatic rings. The van der Waals surface area contributed by atoms with Crippen molar-refractivity contribution < 1.29 is 27.4 Å². The molecule has 0 aromatic heterocycles. The quantitative estimate of drug-likeness (QED) is 0.340. The van der Waals surface area contributed by atoms with Crippen LogP contribution in [0.5, 0.6) is 17.2 Å². The number of rotatable bonds is 8. The first-order valence-corrected chi connectivity index (χ1v) is 13.6. The standard InChI is InChI=1S/C29H28N2O6S/c1-20-7-14-26-27(17-20)37-28(19-31(26)38(33,34)25-12-10-23(35-2)11-13-25)29(32)30-15-16-36-24-9-8-21-5-3-4-6-22(21)18-24/h3-14,17-18,28H,15-16,19H2,1-2H3,(H,30,32)/t28-/m1/s1. The van der Waals surface area contributed by atoms with Gasteiger partial charge in [-0.25, -0.2) is 8.42 Å². The van der Waals surface area contributed by atoms with Crippen LogP contribution in [-0.4, -0.2) is 47.2 Å². The number of aryl methyl sites for hydroxylation is 1. The Morgan fingerprint density at radius 1 is 0.974 bits per heavy atom. The third kappa shape index (κ3) is 5.24. The predicted octanol–water partition coefficient (Wildman–Crippen LogP) is 4.31. The Morgan fingerprint density at radius 3 is 2.47 bits per heavy atom. The Bertz CT molecular complexity index is 1570. The van der Waals surface area contributed by atoms with Crippen molar-refractivity contribution in [2.75, 3.05) is 31.1 Å². The third-order valence-corrected chi connectivity index (χ3v) is 8.11. The average Bonchev–Trinajstić information content (AvgIpc) is 2.94. The van der Waals surface area contributed by atoms with E-state index in [0.29, 0.717) is 22.9 Å². The normalized spacial score (nSPS) is 14.9. The molecule has 0 aliphatic carbocycles. The van der Waals surface area contributed by atoms with Gasteiger partial charge in [0.15, 0.2) is 6.10 Å². The maximum absolute atomic E-state index is 13.6. The lowest BCUT2D eigenvalue weighted by Gasteiger charge is -2.35. The topological polar surface area (TPSA) is 94.2 Å². The van der Waals surface area contributed by atoms with Crippen molar-refractivity contribution in [3.63, 3.8) is 0 Å². The molecule has 8 nitrogen and oxygen atoms in total. The van der Waals surface area contributed by atoms with Crippen molar-refractivity contribution in [1.82, 2.24) is 5.32 Å². The van der Waals surface area contributed by atoms with Crippen LogP contribution >= 0.6 is 0 Å². The first-order valence-electron chi connectivity index (χ1n) is 12.2. The van der Waals surface area contributed by atoms with Gasteiger partial charge in [0, 0.05) is 0 Å². The summed E-state index contributed by atoms with van der Waals surface area (Å²) in [6, 6.07) is 25.2. The summed E-state index contributed by atoms with van der Waals surface area (Å²) in [6.07, 6.45) is -1.03. The fraction of sp³-hybridized carbons (Fsp3) is 0.207. The van der Waals surface area contributed by atoms with Crippen LogP contribution in [0, 0.1) is 6.92 Å². The highest BCUT2D eigenvalue weighted by atomic mass is 32.2. The smallest absolute Gasteiger partial charge is 0.264 e. The van der Waals surface area contributed by atoms with E-state index in [2.05, 4.69) is 5.32 Å². The molecule has 4 aromatic carbocycles. The number of carbonyl (C=O) groups is 1. The van der Waals surface area contributed by atoms with Crippen molar-refractivity contribution in [3.8, 4) is 17.2 Å². The molecule has 1 aliphatic rings. The van der Waals surface area contributed by atoms with Gasteiger partial charge in [0.05, 0.1) is 30.8 Å². The number of fused-ring (bicyclic) bond motifs is 2. The molecule has 38 heavy (non-hydrogen) atoms. The summed E-state index contributed by atoms with van der Waals surface area (Å²) >= 11 is 0. The zero-order valence-corrected chi connectivity index (χ0v) is 21.9. The van der Waals surface area contributed by atoms with Gasteiger partial charge in [0.1, 0.15) is 23.9 Å². The fourth-order valence-corrected chi connectivity index (χ4v) is 5.79. The highest BCUT2D eigenvalue weighted by Gasteiger charge is 2.37. The molecule has 0 saturated carbocycles. The highest BCUT2D eigenvalue weighted by molar-refractivity contribution is 7.92. The summed E-state index contributed by atoms with van der Waals surface area (Å²) in [5.41, 5.74) is 1.27. The van der Waals surface area contributed by atoms with E-state index in [1.165, 1.54) is 23.5 Å². The lowest BCUT2D eigenvalue weighted by Crippen LogP contribution is -2.51.